The first kappa shape index (κ1) is 12.3. The first-order chi connectivity index (χ1) is 8.11. The van der Waals surface area contributed by atoms with Crippen LogP contribution in [-0.2, 0) is 0 Å². The van der Waals surface area contributed by atoms with Crippen molar-refractivity contribution in [3.8, 4) is 0 Å². The quantitative estimate of drug-likeness (QED) is 0.792. The number of aryl methyl sites for hydroxylation is 2. The Morgan fingerprint density at radius 1 is 1.35 bits per heavy atom. The topological polar surface area (TPSA) is 58.3 Å². The average molecular weight is 235 g/mol. The van der Waals surface area contributed by atoms with Crippen LogP contribution in [0.15, 0.2) is 6.20 Å². The monoisotopic (exact) mass is 235 g/mol. The standard InChI is InChI=1S/C12H21N5/c1-9-10(2)15-12(7-14-9)17-5-4-16(3)8-11(17)6-13/h7,11H,4-6,8,13H2,1-3H3. The lowest BCUT2D eigenvalue weighted by Crippen LogP contribution is -2.55. The van der Waals surface area contributed by atoms with Crippen molar-refractivity contribution in [2.45, 2.75) is 19.9 Å². The van der Waals surface area contributed by atoms with Crippen molar-refractivity contribution in [1.82, 2.24) is 14.9 Å². The van der Waals surface area contributed by atoms with Crippen molar-refractivity contribution in [3.63, 3.8) is 0 Å². The molecule has 17 heavy (non-hydrogen) atoms. The highest BCUT2D eigenvalue weighted by Crippen LogP contribution is 2.17. The van der Waals surface area contributed by atoms with Crippen molar-refractivity contribution < 1.29 is 0 Å². The summed E-state index contributed by atoms with van der Waals surface area (Å²) in [4.78, 5) is 13.6. The SMILES string of the molecule is Cc1ncc(N2CCN(C)CC2CN)nc1C. The number of nitrogens with zero attached hydrogens (tertiary/aromatic N) is 4. The van der Waals surface area contributed by atoms with Gasteiger partial charge in [-0.2, -0.15) is 0 Å². The molecule has 0 saturated carbocycles. The number of nitrogens with two attached hydrogens (primary N) is 1. The molecule has 1 fully saturated rings. The lowest BCUT2D eigenvalue weighted by Gasteiger charge is -2.40. The Bertz CT molecular complexity index is 392. The number of piperazine rings is 1. The van der Waals surface area contributed by atoms with Gasteiger partial charge in [0.05, 0.1) is 23.6 Å². The fraction of sp³-hybridized carbons (Fsp3) is 0.667. The molecule has 0 aliphatic carbocycles. The van der Waals surface area contributed by atoms with Crippen LogP contribution in [0.5, 0.6) is 0 Å². The first-order valence-electron chi connectivity index (χ1n) is 6.07. The molecule has 1 aliphatic rings. The van der Waals surface area contributed by atoms with Crippen molar-refractivity contribution in [2.24, 2.45) is 5.73 Å². The number of hydrogen-bond donors (Lipinski definition) is 1. The van der Waals surface area contributed by atoms with Gasteiger partial charge in [-0.05, 0) is 20.9 Å². The molecule has 1 aliphatic heterocycles. The predicted molar refractivity (Wildman–Crippen MR) is 69.2 cm³/mol. The van der Waals surface area contributed by atoms with E-state index in [0.717, 1.165) is 36.8 Å². The second kappa shape index (κ2) is 4.98. The lowest BCUT2D eigenvalue weighted by molar-refractivity contribution is 0.268. The van der Waals surface area contributed by atoms with Gasteiger partial charge in [-0.25, -0.2) is 4.98 Å². The zero-order valence-electron chi connectivity index (χ0n) is 10.8. The van der Waals surface area contributed by atoms with Gasteiger partial charge in [0.2, 0.25) is 0 Å². The molecule has 0 radical (unpaired) electrons. The predicted octanol–water partition coefficient (Wildman–Crippen LogP) is 0.173. The van der Waals surface area contributed by atoms with E-state index in [1.165, 1.54) is 0 Å². The second-order valence-electron chi connectivity index (χ2n) is 4.74. The van der Waals surface area contributed by atoms with Gasteiger partial charge in [-0.1, -0.05) is 0 Å². The molecule has 0 bridgehead atoms. The third kappa shape index (κ3) is 2.56. The number of anilines is 1. The summed E-state index contributed by atoms with van der Waals surface area (Å²) in [6.45, 7) is 7.64. The van der Waals surface area contributed by atoms with Crippen LogP contribution in [0.2, 0.25) is 0 Å². The van der Waals surface area contributed by atoms with E-state index in [1.54, 1.807) is 0 Å². The molecule has 5 heteroatoms. The van der Waals surface area contributed by atoms with E-state index < -0.39 is 0 Å². The molecule has 1 saturated heterocycles. The van der Waals surface area contributed by atoms with Crippen molar-refractivity contribution >= 4 is 5.82 Å². The van der Waals surface area contributed by atoms with E-state index in [1.807, 2.05) is 20.0 Å². The van der Waals surface area contributed by atoms with E-state index in [4.69, 9.17) is 5.73 Å². The largest absolute Gasteiger partial charge is 0.349 e. The summed E-state index contributed by atoms with van der Waals surface area (Å²) in [5.74, 6) is 0.955. The van der Waals surface area contributed by atoms with Gasteiger partial charge in [0.25, 0.3) is 0 Å². The number of likely N-dealkylation sites (N-methyl/N-ethyl adjacent to an activating group) is 1. The highest BCUT2D eigenvalue weighted by Gasteiger charge is 2.25. The Hall–Kier alpha value is -1.20. The van der Waals surface area contributed by atoms with Crippen LogP contribution in [-0.4, -0.2) is 54.1 Å². The fourth-order valence-corrected chi connectivity index (χ4v) is 2.18. The van der Waals surface area contributed by atoms with Gasteiger partial charge in [0.1, 0.15) is 5.82 Å². The van der Waals surface area contributed by atoms with Crippen LogP contribution in [0.25, 0.3) is 0 Å². The zero-order valence-corrected chi connectivity index (χ0v) is 10.8. The molecule has 1 atom stereocenters. The van der Waals surface area contributed by atoms with Crippen molar-refractivity contribution in [1.29, 1.82) is 0 Å². The maximum atomic E-state index is 5.84. The highest BCUT2D eigenvalue weighted by molar-refractivity contribution is 5.40. The summed E-state index contributed by atoms with van der Waals surface area (Å²) in [5.41, 5.74) is 7.83. The summed E-state index contributed by atoms with van der Waals surface area (Å²) in [6, 6.07) is 0.338. The number of aromatic nitrogens is 2. The Morgan fingerprint density at radius 3 is 2.76 bits per heavy atom. The first-order valence-corrected chi connectivity index (χ1v) is 6.07. The third-order valence-electron chi connectivity index (χ3n) is 3.43. The second-order valence-corrected chi connectivity index (χ2v) is 4.74. The Balaban J connectivity index is 2.22. The lowest BCUT2D eigenvalue weighted by atomic mass is 10.1. The summed E-state index contributed by atoms with van der Waals surface area (Å²) in [7, 11) is 2.13. The summed E-state index contributed by atoms with van der Waals surface area (Å²) in [5, 5.41) is 0. The molecule has 1 unspecified atom stereocenters. The molecule has 2 heterocycles. The van der Waals surface area contributed by atoms with Crippen LogP contribution in [0.1, 0.15) is 11.4 Å². The van der Waals surface area contributed by atoms with Gasteiger partial charge in [0.15, 0.2) is 0 Å². The van der Waals surface area contributed by atoms with E-state index in [9.17, 15) is 0 Å². The maximum Gasteiger partial charge on any atom is 0.147 e. The summed E-state index contributed by atoms with van der Waals surface area (Å²) >= 11 is 0. The molecule has 1 aromatic rings. The molecule has 0 spiro atoms. The van der Waals surface area contributed by atoms with E-state index in [-0.39, 0.29) is 0 Å². The van der Waals surface area contributed by atoms with Crippen LogP contribution in [0.4, 0.5) is 5.82 Å². The van der Waals surface area contributed by atoms with Crippen LogP contribution >= 0.6 is 0 Å². The number of hydrogen-bond acceptors (Lipinski definition) is 5. The minimum absolute atomic E-state index is 0.338. The molecule has 2 N–H and O–H groups in total. The van der Waals surface area contributed by atoms with E-state index in [0.29, 0.717) is 12.6 Å². The average Bonchev–Trinajstić information content (AvgIpc) is 2.32. The van der Waals surface area contributed by atoms with Gasteiger partial charge in [0, 0.05) is 26.2 Å². The normalized spacial score (nSPS) is 21.9. The fourth-order valence-electron chi connectivity index (χ4n) is 2.18. The van der Waals surface area contributed by atoms with E-state index in [2.05, 4.69) is 26.8 Å². The third-order valence-corrected chi connectivity index (χ3v) is 3.43. The minimum atomic E-state index is 0.338. The molecule has 1 aromatic heterocycles. The Morgan fingerprint density at radius 2 is 2.12 bits per heavy atom. The highest BCUT2D eigenvalue weighted by atomic mass is 15.3. The molecule has 0 aromatic carbocycles. The summed E-state index contributed by atoms with van der Waals surface area (Å²) in [6.07, 6.45) is 1.86. The van der Waals surface area contributed by atoms with Crippen LogP contribution in [0, 0.1) is 13.8 Å². The Kier molecular flexibility index (Phi) is 3.59. The molecule has 5 nitrogen and oxygen atoms in total. The van der Waals surface area contributed by atoms with Gasteiger partial charge in [-0.3, -0.25) is 4.98 Å². The van der Waals surface area contributed by atoms with Crippen LogP contribution in [0.3, 0.4) is 0 Å². The molecular weight excluding hydrogens is 214 g/mol. The van der Waals surface area contributed by atoms with Crippen molar-refractivity contribution in [2.75, 3.05) is 38.1 Å². The minimum Gasteiger partial charge on any atom is -0.349 e. The Labute approximate surface area is 103 Å². The van der Waals surface area contributed by atoms with Crippen molar-refractivity contribution in [3.05, 3.63) is 17.6 Å². The van der Waals surface area contributed by atoms with Gasteiger partial charge >= 0.3 is 0 Å². The van der Waals surface area contributed by atoms with Crippen LogP contribution < -0.4 is 10.6 Å². The molecule has 94 valence electrons. The zero-order chi connectivity index (χ0) is 12.4. The molecule has 0 amide bonds. The number of rotatable bonds is 2. The molecule has 2 rings (SSSR count). The van der Waals surface area contributed by atoms with Gasteiger partial charge < -0.3 is 15.5 Å². The summed E-state index contributed by atoms with van der Waals surface area (Å²) < 4.78 is 0. The smallest absolute Gasteiger partial charge is 0.147 e. The molecular formula is C12H21N5. The van der Waals surface area contributed by atoms with E-state index >= 15 is 0 Å². The van der Waals surface area contributed by atoms with Gasteiger partial charge in [-0.15, -0.1) is 0 Å². The maximum absolute atomic E-state index is 5.84.